The summed E-state index contributed by atoms with van der Waals surface area (Å²) in [6, 6.07) is 0. The number of thioether (sulfide) groups is 1. The van der Waals surface area contributed by atoms with E-state index in [4.69, 9.17) is 4.43 Å². The van der Waals surface area contributed by atoms with Gasteiger partial charge in [0.25, 0.3) is 0 Å². The molecule has 1 aliphatic rings. The van der Waals surface area contributed by atoms with Crippen molar-refractivity contribution in [1.82, 2.24) is 5.32 Å². The summed E-state index contributed by atoms with van der Waals surface area (Å²) < 4.78 is 6.26. The van der Waals surface area contributed by atoms with Crippen LogP contribution in [0.3, 0.4) is 0 Å². The van der Waals surface area contributed by atoms with Crippen LogP contribution in [0.25, 0.3) is 0 Å². The van der Waals surface area contributed by atoms with Gasteiger partial charge in [0.1, 0.15) is 0 Å². The Balaban J connectivity index is 2.49. The Kier molecular flexibility index (Phi) is 5.55. The van der Waals surface area contributed by atoms with E-state index in [2.05, 4.69) is 46.1 Å². The number of rotatable bonds is 4. The molecule has 1 atom stereocenters. The summed E-state index contributed by atoms with van der Waals surface area (Å²) in [5.41, 5.74) is 0. The van der Waals surface area contributed by atoms with Crippen LogP contribution in [0, 0.1) is 0 Å². The molecule has 0 aromatic rings. The zero-order valence-electron chi connectivity index (χ0n) is 13.3. The summed E-state index contributed by atoms with van der Waals surface area (Å²) in [6.45, 7) is 15.1. The molecule has 5 heteroatoms. The van der Waals surface area contributed by atoms with Crippen molar-refractivity contribution in [3.63, 3.8) is 0 Å². The molecule has 0 radical (unpaired) electrons. The van der Waals surface area contributed by atoms with Crippen molar-refractivity contribution < 1.29 is 9.22 Å². The summed E-state index contributed by atoms with van der Waals surface area (Å²) in [5, 5.41) is 3.19. The fourth-order valence-corrected chi connectivity index (χ4v) is 4.04. The van der Waals surface area contributed by atoms with Gasteiger partial charge in [-0.2, -0.15) is 11.8 Å². The lowest BCUT2D eigenvalue weighted by Gasteiger charge is -2.37. The second-order valence-electron chi connectivity index (χ2n) is 7.18. The van der Waals surface area contributed by atoms with Gasteiger partial charge < -0.3 is 9.74 Å². The third-order valence-corrected chi connectivity index (χ3v) is 10.3. The molecular weight excluding hydrogens is 274 g/mol. The molecule has 1 aliphatic heterocycles. The predicted octanol–water partition coefficient (Wildman–Crippen LogP) is 3.41. The Morgan fingerprint density at radius 3 is 2.63 bits per heavy atom. The highest BCUT2D eigenvalue weighted by atomic mass is 32.2. The smallest absolute Gasteiger partial charge is 0.221 e. The molecule has 0 aromatic heterocycles. The van der Waals surface area contributed by atoms with E-state index in [0.29, 0.717) is 6.42 Å². The molecular formula is C14H29NO2SSi. The first-order valence-electron chi connectivity index (χ1n) is 7.10. The van der Waals surface area contributed by atoms with E-state index in [0.717, 1.165) is 25.3 Å². The third kappa shape index (κ3) is 5.12. The highest BCUT2D eigenvalue weighted by molar-refractivity contribution is 8.00. The number of hydrogen-bond acceptors (Lipinski definition) is 3. The lowest BCUT2D eigenvalue weighted by molar-refractivity contribution is -0.121. The molecule has 1 fully saturated rings. The summed E-state index contributed by atoms with van der Waals surface area (Å²) in [4.78, 5) is 11.7. The van der Waals surface area contributed by atoms with Crippen molar-refractivity contribution in [2.45, 2.75) is 63.4 Å². The van der Waals surface area contributed by atoms with Crippen LogP contribution in [0.4, 0.5) is 0 Å². The number of nitrogens with one attached hydrogen (secondary N) is 1. The lowest BCUT2D eigenvalue weighted by Crippen LogP contribution is -2.42. The first-order valence-corrected chi connectivity index (χ1v) is 11.0. The third-order valence-electron chi connectivity index (χ3n) is 4.31. The first kappa shape index (κ1) is 17.0. The van der Waals surface area contributed by atoms with Crippen molar-refractivity contribution in [1.29, 1.82) is 0 Å². The second kappa shape index (κ2) is 6.18. The van der Waals surface area contributed by atoms with Crippen molar-refractivity contribution in [2.24, 2.45) is 0 Å². The normalized spacial score (nSPS) is 25.9. The maximum absolute atomic E-state index is 11.7. The Bertz CT molecular complexity index is 328. The van der Waals surface area contributed by atoms with Gasteiger partial charge in [0.2, 0.25) is 5.91 Å². The van der Waals surface area contributed by atoms with Crippen LogP contribution < -0.4 is 5.32 Å². The summed E-state index contributed by atoms with van der Waals surface area (Å²) >= 11 is 1.90. The minimum absolute atomic E-state index is 0.0307. The minimum atomic E-state index is -1.66. The summed E-state index contributed by atoms with van der Waals surface area (Å²) in [7, 11) is -1.66. The van der Waals surface area contributed by atoms with Crippen molar-refractivity contribution in [3.05, 3.63) is 0 Å². The van der Waals surface area contributed by atoms with Crippen molar-refractivity contribution in [3.8, 4) is 0 Å². The van der Waals surface area contributed by atoms with E-state index >= 15 is 0 Å². The quantitative estimate of drug-likeness (QED) is 0.809. The second-order valence-corrected chi connectivity index (χ2v) is 13.7. The first-order chi connectivity index (χ1) is 8.56. The van der Waals surface area contributed by atoms with Crippen LogP contribution >= 0.6 is 11.8 Å². The molecule has 0 bridgehead atoms. The molecule has 1 rings (SSSR count). The zero-order valence-corrected chi connectivity index (χ0v) is 15.1. The van der Waals surface area contributed by atoms with Gasteiger partial charge in [0, 0.05) is 30.1 Å². The van der Waals surface area contributed by atoms with Gasteiger partial charge in [-0.25, -0.2) is 0 Å². The van der Waals surface area contributed by atoms with Crippen LogP contribution in [0.2, 0.25) is 18.1 Å². The van der Waals surface area contributed by atoms with Crippen LogP contribution in [0.15, 0.2) is 0 Å². The Labute approximate surface area is 123 Å². The molecule has 1 amide bonds. The van der Waals surface area contributed by atoms with Gasteiger partial charge in [0.05, 0.1) is 0 Å². The van der Waals surface area contributed by atoms with Crippen LogP contribution in [0.5, 0.6) is 0 Å². The maximum atomic E-state index is 11.7. The Morgan fingerprint density at radius 1 is 1.42 bits per heavy atom. The molecule has 1 N–H and O–H groups in total. The van der Waals surface area contributed by atoms with E-state index in [1.54, 1.807) is 0 Å². The van der Waals surface area contributed by atoms with Gasteiger partial charge in [-0.05, 0) is 31.5 Å². The Hall–Kier alpha value is -0.00312. The predicted molar refractivity (Wildman–Crippen MR) is 86.3 cm³/mol. The molecule has 1 heterocycles. The van der Waals surface area contributed by atoms with Crippen LogP contribution in [-0.4, -0.2) is 37.9 Å². The SMILES string of the molecule is CC1(CCO[Si](C)(C)C(C)(C)C)CC(=O)NCCS1. The number of carbonyl (C=O) groups is 1. The Morgan fingerprint density at radius 2 is 2.05 bits per heavy atom. The minimum Gasteiger partial charge on any atom is -0.417 e. The fraction of sp³-hybridized carbons (Fsp3) is 0.929. The lowest BCUT2D eigenvalue weighted by atomic mass is 10.0. The number of amides is 1. The summed E-state index contributed by atoms with van der Waals surface area (Å²) in [5.74, 6) is 1.18. The van der Waals surface area contributed by atoms with Gasteiger partial charge in [0.15, 0.2) is 8.32 Å². The molecule has 0 saturated carbocycles. The highest BCUT2D eigenvalue weighted by Gasteiger charge is 2.38. The number of hydrogen-bond donors (Lipinski definition) is 1. The largest absolute Gasteiger partial charge is 0.417 e. The van der Waals surface area contributed by atoms with E-state index in [1.807, 2.05) is 11.8 Å². The molecule has 0 aromatic carbocycles. The number of carbonyl (C=O) groups excluding carboxylic acids is 1. The highest BCUT2D eigenvalue weighted by Crippen LogP contribution is 2.38. The molecule has 1 unspecified atom stereocenters. The average molecular weight is 304 g/mol. The zero-order chi connectivity index (χ0) is 14.7. The monoisotopic (exact) mass is 303 g/mol. The van der Waals surface area contributed by atoms with Gasteiger partial charge in [-0.15, -0.1) is 0 Å². The van der Waals surface area contributed by atoms with E-state index in [1.165, 1.54) is 0 Å². The van der Waals surface area contributed by atoms with Crippen LogP contribution in [0.1, 0.15) is 40.5 Å². The molecule has 0 aliphatic carbocycles. The molecule has 1 saturated heterocycles. The molecule has 112 valence electrons. The molecule has 0 spiro atoms. The van der Waals surface area contributed by atoms with Gasteiger partial charge in [-0.1, -0.05) is 20.8 Å². The van der Waals surface area contributed by atoms with Gasteiger partial charge in [-0.3, -0.25) is 4.79 Å². The molecule has 19 heavy (non-hydrogen) atoms. The van der Waals surface area contributed by atoms with Gasteiger partial charge >= 0.3 is 0 Å². The van der Waals surface area contributed by atoms with E-state index in [9.17, 15) is 4.79 Å². The van der Waals surface area contributed by atoms with Crippen molar-refractivity contribution >= 4 is 26.0 Å². The topological polar surface area (TPSA) is 38.3 Å². The van der Waals surface area contributed by atoms with E-state index in [-0.39, 0.29) is 15.7 Å². The summed E-state index contributed by atoms with van der Waals surface area (Å²) in [6.07, 6.45) is 1.57. The fourth-order valence-electron chi connectivity index (χ4n) is 1.84. The average Bonchev–Trinajstić information content (AvgIpc) is 2.38. The van der Waals surface area contributed by atoms with Crippen LogP contribution in [-0.2, 0) is 9.22 Å². The maximum Gasteiger partial charge on any atom is 0.221 e. The standard InChI is InChI=1S/C14H29NO2SSi/c1-13(2,3)19(5,6)17-9-7-14(4)11-12(16)15-8-10-18-14/h7-11H2,1-6H3,(H,15,16). The molecule has 3 nitrogen and oxygen atoms in total. The van der Waals surface area contributed by atoms with Crippen molar-refractivity contribution in [2.75, 3.05) is 18.9 Å². The van der Waals surface area contributed by atoms with E-state index < -0.39 is 8.32 Å².